The third-order valence-electron chi connectivity index (χ3n) is 5.35. The van der Waals surface area contributed by atoms with Crippen LogP contribution < -0.4 is 15.5 Å². The summed E-state index contributed by atoms with van der Waals surface area (Å²) in [6.07, 6.45) is 4.33. The van der Waals surface area contributed by atoms with Gasteiger partial charge in [-0.25, -0.2) is 0 Å². The second kappa shape index (κ2) is 9.25. The van der Waals surface area contributed by atoms with Crippen LogP contribution in [-0.2, 0) is 16.0 Å². The number of benzene rings is 2. The van der Waals surface area contributed by atoms with Crippen molar-refractivity contribution in [2.24, 2.45) is 0 Å². The van der Waals surface area contributed by atoms with Crippen molar-refractivity contribution in [3.63, 3.8) is 0 Å². The standard InChI is InChI=1S/C23H21N5O4/c29-22(23(30)26-18-7-3-8-19(13-18)28(31)32)25-15-21(17-6-4-11-24-14-17)27-12-10-16-5-1-2-9-20(16)27/h1-9,11,13-14,21H,10,12,15H2,(H,25,29)(H,26,30)/t21-/m1/s1. The van der Waals surface area contributed by atoms with Crippen LogP contribution in [-0.4, -0.2) is 34.8 Å². The predicted octanol–water partition coefficient (Wildman–Crippen LogP) is 2.85. The van der Waals surface area contributed by atoms with Gasteiger partial charge in [-0.05, 0) is 35.7 Å². The summed E-state index contributed by atoms with van der Waals surface area (Å²) in [5.41, 5.74) is 3.25. The van der Waals surface area contributed by atoms with Crippen molar-refractivity contribution in [1.29, 1.82) is 0 Å². The molecule has 0 saturated heterocycles. The number of hydrogen-bond acceptors (Lipinski definition) is 6. The SMILES string of the molecule is O=C(NC[C@H](c1cccnc1)N1CCc2ccccc21)C(=O)Nc1cccc([N+](=O)[O-])c1. The van der Waals surface area contributed by atoms with E-state index in [0.717, 1.165) is 24.2 Å². The first-order valence-corrected chi connectivity index (χ1v) is 10.1. The number of nitro benzene ring substituents is 1. The van der Waals surface area contributed by atoms with Gasteiger partial charge in [-0.15, -0.1) is 0 Å². The first-order chi connectivity index (χ1) is 15.5. The summed E-state index contributed by atoms with van der Waals surface area (Å²) >= 11 is 0. The molecule has 0 aliphatic carbocycles. The van der Waals surface area contributed by atoms with E-state index in [0.29, 0.717) is 0 Å². The van der Waals surface area contributed by atoms with E-state index < -0.39 is 16.7 Å². The van der Waals surface area contributed by atoms with Gasteiger partial charge >= 0.3 is 11.8 Å². The van der Waals surface area contributed by atoms with Crippen molar-refractivity contribution < 1.29 is 14.5 Å². The summed E-state index contributed by atoms with van der Waals surface area (Å²) in [5.74, 6) is -1.71. The van der Waals surface area contributed by atoms with Gasteiger partial charge in [0.2, 0.25) is 0 Å². The van der Waals surface area contributed by atoms with E-state index in [1.54, 1.807) is 12.4 Å². The molecule has 2 heterocycles. The van der Waals surface area contributed by atoms with Crippen molar-refractivity contribution in [2.45, 2.75) is 12.5 Å². The maximum atomic E-state index is 12.5. The number of aromatic nitrogens is 1. The van der Waals surface area contributed by atoms with Crippen molar-refractivity contribution >= 4 is 28.9 Å². The largest absolute Gasteiger partial charge is 0.362 e. The molecule has 1 aromatic heterocycles. The van der Waals surface area contributed by atoms with Crippen molar-refractivity contribution in [3.05, 3.63) is 94.3 Å². The number of para-hydroxylation sites is 1. The van der Waals surface area contributed by atoms with E-state index in [-0.39, 0.29) is 24.0 Å². The number of nitrogens with zero attached hydrogens (tertiary/aromatic N) is 3. The molecule has 0 saturated carbocycles. The minimum Gasteiger partial charge on any atom is -0.362 e. The lowest BCUT2D eigenvalue weighted by Gasteiger charge is -2.30. The number of nitro groups is 1. The number of rotatable bonds is 6. The summed E-state index contributed by atoms with van der Waals surface area (Å²) in [6, 6.07) is 17.1. The Morgan fingerprint density at radius 2 is 1.94 bits per heavy atom. The Bertz CT molecular complexity index is 1150. The number of nitrogens with one attached hydrogen (secondary N) is 2. The Morgan fingerprint density at radius 3 is 2.72 bits per heavy atom. The number of amides is 2. The smallest absolute Gasteiger partial charge is 0.313 e. The number of carbonyl (C=O) groups excluding carboxylic acids is 2. The van der Waals surface area contributed by atoms with Gasteiger partial charge in [-0.3, -0.25) is 24.7 Å². The van der Waals surface area contributed by atoms with Gasteiger partial charge in [0.25, 0.3) is 5.69 Å². The van der Waals surface area contributed by atoms with Gasteiger partial charge in [0.15, 0.2) is 0 Å². The van der Waals surface area contributed by atoms with Crippen LogP contribution in [0.1, 0.15) is 17.2 Å². The topological polar surface area (TPSA) is 117 Å². The zero-order chi connectivity index (χ0) is 22.5. The molecule has 9 nitrogen and oxygen atoms in total. The molecular formula is C23H21N5O4. The van der Waals surface area contributed by atoms with Gasteiger partial charge in [-0.1, -0.05) is 30.3 Å². The van der Waals surface area contributed by atoms with Gasteiger partial charge in [-0.2, -0.15) is 0 Å². The number of pyridine rings is 1. The van der Waals surface area contributed by atoms with Gasteiger partial charge < -0.3 is 15.5 Å². The molecule has 2 aromatic carbocycles. The Hall–Kier alpha value is -4.27. The van der Waals surface area contributed by atoms with Crippen LogP contribution in [0, 0.1) is 10.1 Å². The lowest BCUT2D eigenvalue weighted by molar-refractivity contribution is -0.384. The zero-order valence-electron chi connectivity index (χ0n) is 17.1. The summed E-state index contributed by atoms with van der Waals surface area (Å²) in [7, 11) is 0. The molecule has 3 aromatic rings. The quantitative estimate of drug-likeness (QED) is 0.352. The molecule has 1 atom stereocenters. The van der Waals surface area contributed by atoms with Gasteiger partial charge in [0.1, 0.15) is 0 Å². The summed E-state index contributed by atoms with van der Waals surface area (Å²) in [5, 5.41) is 16.0. The van der Waals surface area contributed by atoms with Crippen molar-refractivity contribution in [1.82, 2.24) is 10.3 Å². The number of hydrogen-bond donors (Lipinski definition) is 2. The van der Waals surface area contributed by atoms with E-state index >= 15 is 0 Å². The number of non-ortho nitro benzene ring substituents is 1. The second-order valence-corrected chi connectivity index (χ2v) is 7.35. The molecule has 1 aliphatic rings. The molecule has 0 unspecified atom stereocenters. The summed E-state index contributed by atoms with van der Waals surface area (Å²) in [4.78, 5) is 41.5. The highest BCUT2D eigenvalue weighted by molar-refractivity contribution is 6.39. The normalized spacial score (nSPS) is 13.2. The maximum absolute atomic E-state index is 12.5. The van der Waals surface area contributed by atoms with Crippen LogP contribution in [0.5, 0.6) is 0 Å². The highest BCUT2D eigenvalue weighted by Crippen LogP contribution is 2.34. The van der Waals surface area contributed by atoms with Gasteiger partial charge in [0.05, 0.1) is 11.0 Å². The van der Waals surface area contributed by atoms with Crippen LogP contribution in [0.4, 0.5) is 17.1 Å². The van der Waals surface area contributed by atoms with E-state index in [9.17, 15) is 19.7 Å². The molecule has 2 amide bonds. The van der Waals surface area contributed by atoms with Crippen molar-refractivity contribution in [2.75, 3.05) is 23.3 Å². The molecular weight excluding hydrogens is 410 g/mol. The van der Waals surface area contributed by atoms with Gasteiger partial charge in [0, 0.05) is 49.0 Å². The minimum atomic E-state index is -0.891. The average Bonchev–Trinajstić information content (AvgIpc) is 3.24. The number of fused-ring (bicyclic) bond motifs is 1. The van der Waals surface area contributed by atoms with Crippen LogP contribution in [0.15, 0.2) is 73.1 Å². The van der Waals surface area contributed by atoms with Crippen LogP contribution in [0.25, 0.3) is 0 Å². The minimum absolute atomic E-state index is 0.174. The molecule has 4 rings (SSSR count). The highest BCUT2D eigenvalue weighted by Gasteiger charge is 2.28. The highest BCUT2D eigenvalue weighted by atomic mass is 16.6. The van der Waals surface area contributed by atoms with Crippen LogP contribution in [0.3, 0.4) is 0 Å². The Balaban J connectivity index is 1.46. The van der Waals surface area contributed by atoms with E-state index in [1.165, 1.54) is 29.8 Å². The molecule has 0 bridgehead atoms. The Morgan fingerprint density at radius 1 is 1.09 bits per heavy atom. The molecule has 9 heteroatoms. The van der Waals surface area contributed by atoms with E-state index in [2.05, 4.69) is 26.6 Å². The Kier molecular flexibility index (Phi) is 6.07. The predicted molar refractivity (Wildman–Crippen MR) is 119 cm³/mol. The molecule has 0 spiro atoms. The van der Waals surface area contributed by atoms with Crippen LogP contribution in [0.2, 0.25) is 0 Å². The van der Waals surface area contributed by atoms with Crippen LogP contribution >= 0.6 is 0 Å². The first-order valence-electron chi connectivity index (χ1n) is 10.1. The summed E-state index contributed by atoms with van der Waals surface area (Å²) in [6.45, 7) is 0.982. The molecule has 1 aliphatic heterocycles. The van der Waals surface area contributed by atoms with E-state index in [1.807, 2.05) is 30.3 Å². The van der Waals surface area contributed by atoms with Crippen molar-refractivity contribution in [3.8, 4) is 0 Å². The second-order valence-electron chi connectivity index (χ2n) is 7.35. The first kappa shape index (κ1) is 21.0. The van der Waals surface area contributed by atoms with E-state index in [4.69, 9.17) is 0 Å². The zero-order valence-corrected chi connectivity index (χ0v) is 17.1. The molecule has 2 N–H and O–H groups in total. The fraction of sp³-hybridized carbons (Fsp3) is 0.174. The lowest BCUT2D eigenvalue weighted by Crippen LogP contribution is -2.41. The fourth-order valence-corrected chi connectivity index (χ4v) is 3.82. The number of carbonyl (C=O) groups is 2. The fourth-order valence-electron chi connectivity index (χ4n) is 3.82. The lowest BCUT2D eigenvalue weighted by atomic mass is 10.1. The summed E-state index contributed by atoms with van der Waals surface area (Å²) < 4.78 is 0. The average molecular weight is 431 g/mol. The molecule has 0 fully saturated rings. The molecule has 162 valence electrons. The molecule has 32 heavy (non-hydrogen) atoms. The third-order valence-corrected chi connectivity index (χ3v) is 5.35. The monoisotopic (exact) mass is 431 g/mol. The Labute approximate surface area is 184 Å². The molecule has 0 radical (unpaired) electrons. The number of anilines is 2. The third kappa shape index (κ3) is 4.56. The maximum Gasteiger partial charge on any atom is 0.313 e.